The van der Waals surface area contributed by atoms with Crippen LogP contribution in [0.3, 0.4) is 0 Å². The summed E-state index contributed by atoms with van der Waals surface area (Å²) in [4.78, 5) is 26.3. The molecule has 1 heterocycles. The summed E-state index contributed by atoms with van der Waals surface area (Å²) in [7, 11) is 0. The van der Waals surface area contributed by atoms with Gasteiger partial charge in [0, 0.05) is 13.0 Å². The maximum absolute atomic E-state index is 12.9. The first-order valence-electron chi connectivity index (χ1n) is 8.69. The Morgan fingerprint density at radius 2 is 1.93 bits per heavy atom. The molecule has 2 aromatic carbocycles. The van der Waals surface area contributed by atoms with Gasteiger partial charge in [-0.15, -0.1) is 0 Å². The van der Waals surface area contributed by atoms with Crippen molar-refractivity contribution in [1.29, 1.82) is 0 Å². The summed E-state index contributed by atoms with van der Waals surface area (Å²) in [5.74, 6) is -1.20. The van der Waals surface area contributed by atoms with E-state index in [0.29, 0.717) is 16.3 Å². The Bertz CT molecular complexity index is 901. The molecule has 1 fully saturated rings. The second-order valence-electron chi connectivity index (χ2n) is 6.71. The molecule has 1 N–H and O–H groups in total. The van der Waals surface area contributed by atoms with Crippen molar-refractivity contribution in [2.75, 3.05) is 11.4 Å². The minimum Gasteiger partial charge on any atom is -0.349 e. The molecule has 1 aliphatic rings. The summed E-state index contributed by atoms with van der Waals surface area (Å²) in [6.07, 6.45) is -4.43. The average Bonchev–Trinajstić information content (AvgIpc) is 3.03. The van der Waals surface area contributed by atoms with Gasteiger partial charge in [-0.3, -0.25) is 9.59 Å². The van der Waals surface area contributed by atoms with Crippen LogP contribution in [-0.4, -0.2) is 18.4 Å². The van der Waals surface area contributed by atoms with Crippen LogP contribution < -0.4 is 10.2 Å². The fourth-order valence-corrected chi connectivity index (χ4v) is 3.42. The van der Waals surface area contributed by atoms with E-state index in [1.165, 1.54) is 17.0 Å². The van der Waals surface area contributed by atoms with Gasteiger partial charge in [0.25, 0.3) is 0 Å². The van der Waals surface area contributed by atoms with Crippen LogP contribution >= 0.6 is 11.6 Å². The Morgan fingerprint density at radius 3 is 2.61 bits per heavy atom. The number of benzene rings is 2. The molecule has 148 valence electrons. The molecule has 2 aromatic rings. The van der Waals surface area contributed by atoms with E-state index in [1.807, 2.05) is 0 Å². The SMILES string of the molecule is C[C@H](NC(=O)[C@H]1CC(=O)N(c2ccccc2Cl)C1)c1cccc(C(F)(F)F)c1. The lowest BCUT2D eigenvalue weighted by molar-refractivity contribution is -0.137. The molecular weight excluding hydrogens is 393 g/mol. The number of hydrogen-bond acceptors (Lipinski definition) is 2. The van der Waals surface area contributed by atoms with Gasteiger partial charge < -0.3 is 10.2 Å². The van der Waals surface area contributed by atoms with E-state index in [0.717, 1.165) is 12.1 Å². The lowest BCUT2D eigenvalue weighted by atomic mass is 10.0. The molecule has 8 heteroatoms. The predicted molar refractivity (Wildman–Crippen MR) is 99.9 cm³/mol. The topological polar surface area (TPSA) is 49.4 Å². The summed E-state index contributed by atoms with van der Waals surface area (Å²) >= 11 is 6.13. The van der Waals surface area contributed by atoms with E-state index in [9.17, 15) is 22.8 Å². The molecule has 0 bridgehead atoms. The Labute approximate surface area is 165 Å². The molecule has 1 saturated heterocycles. The minimum atomic E-state index is -4.45. The number of rotatable bonds is 4. The normalized spacial score (nSPS) is 18.2. The Balaban J connectivity index is 1.69. The third-order valence-corrected chi connectivity index (χ3v) is 5.03. The first-order valence-corrected chi connectivity index (χ1v) is 9.07. The fourth-order valence-electron chi connectivity index (χ4n) is 3.19. The van der Waals surface area contributed by atoms with Crippen molar-refractivity contribution >= 4 is 29.1 Å². The average molecular weight is 411 g/mol. The van der Waals surface area contributed by atoms with Gasteiger partial charge in [0.1, 0.15) is 0 Å². The Morgan fingerprint density at radius 1 is 1.21 bits per heavy atom. The summed E-state index contributed by atoms with van der Waals surface area (Å²) in [6.45, 7) is 1.78. The van der Waals surface area contributed by atoms with E-state index in [2.05, 4.69) is 5.32 Å². The maximum atomic E-state index is 12.9. The monoisotopic (exact) mass is 410 g/mol. The molecule has 1 aliphatic heterocycles. The fraction of sp³-hybridized carbons (Fsp3) is 0.300. The lowest BCUT2D eigenvalue weighted by Gasteiger charge is -2.20. The zero-order valence-corrected chi connectivity index (χ0v) is 15.7. The second-order valence-corrected chi connectivity index (χ2v) is 7.12. The van der Waals surface area contributed by atoms with E-state index >= 15 is 0 Å². The first-order chi connectivity index (χ1) is 13.2. The molecule has 0 saturated carbocycles. The van der Waals surface area contributed by atoms with Crippen molar-refractivity contribution in [2.45, 2.75) is 25.6 Å². The van der Waals surface area contributed by atoms with E-state index < -0.39 is 23.7 Å². The summed E-state index contributed by atoms with van der Waals surface area (Å²) < 4.78 is 38.6. The summed E-state index contributed by atoms with van der Waals surface area (Å²) in [6, 6.07) is 11.0. The van der Waals surface area contributed by atoms with E-state index in [4.69, 9.17) is 11.6 Å². The molecular formula is C20H18ClF3N2O2. The highest BCUT2D eigenvalue weighted by molar-refractivity contribution is 6.33. The predicted octanol–water partition coefficient (Wildman–Crippen LogP) is 4.59. The van der Waals surface area contributed by atoms with Crippen LogP contribution in [0.25, 0.3) is 0 Å². The van der Waals surface area contributed by atoms with Gasteiger partial charge in [0.15, 0.2) is 0 Å². The zero-order valence-electron chi connectivity index (χ0n) is 15.0. The first kappa shape index (κ1) is 20.2. The molecule has 2 atom stereocenters. The van der Waals surface area contributed by atoms with Gasteiger partial charge in [-0.05, 0) is 36.8 Å². The molecule has 2 amide bonds. The molecule has 0 radical (unpaired) electrons. The van der Waals surface area contributed by atoms with E-state index in [-0.39, 0.29) is 24.8 Å². The molecule has 0 aromatic heterocycles. The van der Waals surface area contributed by atoms with Crippen LogP contribution in [0.5, 0.6) is 0 Å². The maximum Gasteiger partial charge on any atom is 0.416 e. The van der Waals surface area contributed by atoms with Crippen LogP contribution in [0.15, 0.2) is 48.5 Å². The Kier molecular flexibility index (Phi) is 5.65. The van der Waals surface area contributed by atoms with Gasteiger partial charge in [-0.25, -0.2) is 0 Å². The van der Waals surface area contributed by atoms with Crippen LogP contribution in [0.2, 0.25) is 5.02 Å². The van der Waals surface area contributed by atoms with Crippen LogP contribution in [0.1, 0.15) is 30.5 Å². The third-order valence-electron chi connectivity index (χ3n) is 4.71. The zero-order chi connectivity index (χ0) is 20.5. The number of alkyl halides is 3. The number of halogens is 4. The van der Waals surface area contributed by atoms with Crippen molar-refractivity contribution in [3.63, 3.8) is 0 Å². The highest BCUT2D eigenvalue weighted by Gasteiger charge is 2.36. The number of carbonyl (C=O) groups excluding carboxylic acids is 2. The van der Waals surface area contributed by atoms with Gasteiger partial charge in [0.05, 0.1) is 28.2 Å². The van der Waals surface area contributed by atoms with Crippen molar-refractivity contribution in [1.82, 2.24) is 5.32 Å². The smallest absolute Gasteiger partial charge is 0.349 e. The third kappa shape index (κ3) is 4.30. The number of amides is 2. The van der Waals surface area contributed by atoms with Crippen molar-refractivity contribution < 1.29 is 22.8 Å². The lowest BCUT2D eigenvalue weighted by Crippen LogP contribution is -2.34. The molecule has 3 rings (SSSR count). The van der Waals surface area contributed by atoms with Gasteiger partial charge in [-0.2, -0.15) is 13.2 Å². The molecule has 28 heavy (non-hydrogen) atoms. The molecule has 0 unspecified atom stereocenters. The highest BCUT2D eigenvalue weighted by atomic mass is 35.5. The van der Waals surface area contributed by atoms with Crippen LogP contribution in [0, 0.1) is 5.92 Å². The Hall–Kier alpha value is -2.54. The summed E-state index contributed by atoms with van der Waals surface area (Å²) in [5.41, 5.74) is 0.109. The minimum absolute atomic E-state index is 0.0202. The van der Waals surface area contributed by atoms with Crippen molar-refractivity contribution in [2.24, 2.45) is 5.92 Å². The van der Waals surface area contributed by atoms with Crippen molar-refractivity contribution in [3.05, 3.63) is 64.7 Å². The van der Waals surface area contributed by atoms with Crippen molar-refractivity contribution in [3.8, 4) is 0 Å². The second kappa shape index (κ2) is 7.83. The number of nitrogens with one attached hydrogen (secondary N) is 1. The molecule has 0 aliphatic carbocycles. The number of carbonyl (C=O) groups is 2. The van der Waals surface area contributed by atoms with E-state index in [1.54, 1.807) is 31.2 Å². The largest absolute Gasteiger partial charge is 0.416 e. The number of para-hydroxylation sites is 1. The highest BCUT2D eigenvalue weighted by Crippen LogP contribution is 2.32. The van der Waals surface area contributed by atoms with Gasteiger partial charge in [-0.1, -0.05) is 35.9 Å². The standard InChI is InChI=1S/C20H18ClF3N2O2/c1-12(13-5-4-6-15(9-13)20(22,23)24)25-19(28)14-10-18(27)26(11-14)17-8-3-2-7-16(17)21/h2-9,12,14H,10-11H2,1H3,(H,25,28)/t12-,14-/m0/s1. The number of hydrogen-bond donors (Lipinski definition) is 1. The quantitative estimate of drug-likeness (QED) is 0.801. The van der Waals surface area contributed by atoms with Gasteiger partial charge in [0.2, 0.25) is 11.8 Å². The molecule has 4 nitrogen and oxygen atoms in total. The van der Waals surface area contributed by atoms with Gasteiger partial charge >= 0.3 is 6.18 Å². The van der Waals surface area contributed by atoms with Crippen LogP contribution in [0.4, 0.5) is 18.9 Å². The number of anilines is 1. The van der Waals surface area contributed by atoms with Crippen LogP contribution in [-0.2, 0) is 15.8 Å². The molecule has 0 spiro atoms. The summed E-state index contributed by atoms with van der Waals surface area (Å²) in [5, 5.41) is 3.12. The number of nitrogens with zero attached hydrogens (tertiary/aromatic N) is 1.